The van der Waals surface area contributed by atoms with Crippen molar-refractivity contribution in [3.63, 3.8) is 0 Å². The Morgan fingerprint density at radius 3 is 2.48 bits per heavy atom. The summed E-state index contributed by atoms with van der Waals surface area (Å²) in [4.78, 5) is 49.2. The van der Waals surface area contributed by atoms with Crippen molar-refractivity contribution >= 4 is 23.8 Å². The summed E-state index contributed by atoms with van der Waals surface area (Å²) in [6.45, 7) is 5.34. The normalized spacial score (nSPS) is 19.5. The van der Waals surface area contributed by atoms with Gasteiger partial charge in [-0.25, -0.2) is 4.79 Å². The molecule has 0 aromatic carbocycles. The Kier molecular flexibility index (Phi) is 7.21. The molecule has 2 rings (SSSR count). The second-order valence-electron chi connectivity index (χ2n) is 8.06. The Bertz CT molecular complexity index is 584. The number of esters is 1. The molecule has 1 spiro atoms. The molecule has 1 aliphatic heterocycles. The van der Waals surface area contributed by atoms with Crippen LogP contribution in [0.2, 0.25) is 0 Å². The second kappa shape index (κ2) is 9.19. The number of rotatable bonds is 9. The monoisotopic (exact) mass is 381 g/mol. The number of carbonyl (C=O) groups is 4. The molecule has 0 aromatic rings. The summed E-state index contributed by atoms with van der Waals surface area (Å²) in [6.07, 6.45) is 5.93. The van der Waals surface area contributed by atoms with E-state index in [0.717, 1.165) is 37.0 Å². The van der Waals surface area contributed by atoms with Crippen molar-refractivity contribution in [3.05, 3.63) is 0 Å². The molecule has 1 heterocycles. The molecule has 2 fully saturated rings. The Balaban J connectivity index is 1.70. The summed E-state index contributed by atoms with van der Waals surface area (Å²) in [5.41, 5.74) is -0.847. The topological polar surface area (TPSA) is 105 Å². The highest BCUT2D eigenvalue weighted by molar-refractivity contribution is 6.08. The number of carbonyl (C=O) groups excluding carboxylic acids is 4. The van der Waals surface area contributed by atoms with Gasteiger partial charge in [0, 0.05) is 6.04 Å². The zero-order chi connectivity index (χ0) is 20.0. The molecule has 0 unspecified atom stereocenters. The van der Waals surface area contributed by atoms with Gasteiger partial charge in [-0.1, -0.05) is 39.5 Å². The summed E-state index contributed by atoms with van der Waals surface area (Å²) in [5, 5.41) is 5.49. The Labute approximate surface area is 160 Å². The second-order valence-corrected chi connectivity index (χ2v) is 8.06. The van der Waals surface area contributed by atoms with E-state index in [1.54, 1.807) is 0 Å². The van der Waals surface area contributed by atoms with Crippen molar-refractivity contribution in [2.45, 2.75) is 77.3 Å². The maximum atomic E-state index is 12.5. The van der Waals surface area contributed by atoms with Gasteiger partial charge in [0.25, 0.3) is 11.8 Å². The van der Waals surface area contributed by atoms with Gasteiger partial charge >= 0.3 is 12.0 Å². The molecule has 4 amide bonds. The molecule has 1 saturated carbocycles. The largest absolute Gasteiger partial charge is 0.454 e. The summed E-state index contributed by atoms with van der Waals surface area (Å²) < 4.78 is 4.93. The van der Waals surface area contributed by atoms with Crippen molar-refractivity contribution in [1.29, 1.82) is 0 Å². The van der Waals surface area contributed by atoms with Gasteiger partial charge in [0.05, 0.1) is 0 Å². The predicted molar refractivity (Wildman–Crippen MR) is 98.7 cm³/mol. The van der Waals surface area contributed by atoms with Crippen molar-refractivity contribution < 1.29 is 23.9 Å². The summed E-state index contributed by atoms with van der Waals surface area (Å²) >= 11 is 0. The molecule has 0 radical (unpaired) electrons. The van der Waals surface area contributed by atoms with Crippen molar-refractivity contribution in [1.82, 2.24) is 15.5 Å². The van der Waals surface area contributed by atoms with Crippen molar-refractivity contribution in [2.24, 2.45) is 5.92 Å². The van der Waals surface area contributed by atoms with E-state index < -0.39 is 30.7 Å². The molecule has 0 bridgehead atoms. The van der Waals surface area contributed by atoms with Crippen molar-refractivity contribution in [3.8, 4) is 0 Å². The quantitative estimate of drug-likeness (QED) is 0.467. The number of nitrogens with one attached hydrogen (secondary N) is 2. The van der Waals surface area contributed by atoms with E-state index >= 15 is 0 Å². The SMILES string of the molecule is CC(C)CCC[C@@H](C)NC(=O)COC(=O)CN1C(=O)NC2(CCCC2)C1=O. The summed E-state index contributed by atoms with van der Waals surface area (Å²) in [5.74, 6) is -0.895. The molecule has 2 N–H and O–H groups in total. The number of hydrogen-bond donors (Lipinski definition) is 2. The van der Waals surface area contributed by atoms with Crippen LogP contribution in [-0.4, -0.2) is 53.4 Å². The van der Waals surface area contributed by atoms with E-state index in [-0.39, 0.29) is 17.9 Å². The lowest BCUT2D eigenvalue weighted by atomic mass is 9.98. The van der Waals surface area contributed by atoms with Gasteiger partial charge in [0.15, 0.2) is 6.61 Å². The summed E-state index contributed by atoms with van der Waals surface area (Å²) in [7, 11) is 0. The standard InChI is InChI=1S/C19H31N3O5/c1-13(2)7-6-8-14(3)20-15(23)12-27-16(24)11-22-17(25)19(21-18(22)26)9-4-5-10-19/h13-14H,4-12H2,1-3H3,(H,20,23)(H,21,26)/t14-/m1/s1. The average Bonchev–Trinajstić information content (AvgIpc) is 3.14. The van der Waals surface area contributed by atoms with E-state index in [1.165, 1.54) is 0 Å². The molecule has 2 aliphatic rings. The molecule has 27 heavy (non-hydrogen) atoms. The Morgan fingerprint density at radius 1 is 1.19 bits per heavy atom. The van der Waals surface area contributed by atoms with Crippen LogP contribution in [0.4, 0.5) is 4.79 Å². The van der Waals surface area contributed by atoms with E-state index in [9.17, 15) is 19.2 Å². The lowest BCUT2D eigenvalue weighted by Gasteiger charge is -2.19. The zero-order valence-electron chi connectivity index (χ0n) is 16.5. The minimum absolute atomic E-state index is 0.00288. The number of urea groups is 1. The van der Waals surface area contributed by atoms with Gasteiger partial charge in [0.1, 0.15) is 12.1 Å². The third-order valence-corrected chi connectivity index (χ3v) is 5.18. The van der Waals surface area contributed by atoms with E-state index in [2.05, 4.69) is 24.5 Å². The average molecular weight is 381 g/mol. The molecule has 1 aliphatic carbocycles. The first-order valence-electron chi connectivity index (χ1n) is 9.82. The first-order valence-corrected chi connectivity index (χ1v) is 9.82. The van der Waals surface area contributed by atoms with E-state index in [1.807, 2.05) is 6.92 Å². The highest BCUT2D eigenvalue weighted by Gasteiger charge is 2.52. The van der Waals surface area contributed by atoms with Gasteiger partial charge < -0.3 is 15.4 Å². The molecule has 152 valence electrons. The van der Waals surface area contributed by atoms with Gasteiger partial charge in [0.2, 0.25) is 0 Å². The molecule has 1 saturated heterocycles. The van der Waals surface area contributed by atoms with Crippen LogP contribution in [0, 0.1) is 5.92 Å². The van der Waals surface area contributed by atoms with E-state index in [0.29, 0.717) is 18.8 Å². The van der Waals surface area contributed by atoms with Crippen LogP contribution in [0.1, 0.15) is 65.7 Å². The van der Waals surface area contributed by atoms with Gasteiger partial charge in [-0.3, -0.25) is 19.3 Å². The van der Waals surface area contributed by atoms with Gasteiger partial charge in [-0.15, -0.1) is 0 Å². The lowest BCUT2D eigenvalue weighted by molar-refractivity contribution is -0.151. The molecular weight excluding hydrogens is 350 g/mol. The van der Waals surface area contributed by atoms with Gasteiger partial charge in [-0.2, -0.15) is 0 Å². The van der Waals surface area contributed by atoms with E-state index in [4.69, 9.17) is 4.74 Å². The minimum Gasteiger partial charge on any atom is -0.454 e. The van der Waals surface area contributed by atoms with Crippen LogP contribution >= 0.6 is 0 Å². The number of nitrogens with zero attached hydrogens (tertiary/aromatic N) is 1. The fourth-order valence-corrected chi connectivity index (χ4v) is 3.68. The maximum Gasteiger partial charge on any atom is 0.326 e. The molecular formula is C19H31N3O5. The van der Waals surface area contributed by atoms with Crippen molar-refractivity contribution in [2.75, 3.05) is 13.2 Å². The molecule has 0 aromatic heterocycles. The summed E-state index contributed by atoms with van der Waals surface area (Å²) in [6, 6.07) is -0.565. The highest BCUT2D eigenvalue weighted by atomic mass is 16.5. The van der Waals surface area contributed by atoms with Crippen LogP contribution in [-0.2, 0) is 19.1 Å². The minimum atomic E-state index is -0.847. The number of imide groups is 1. The molecule has 1 atom stereocenters. The third kappa shape index (κ3) is 5.68. The first kappa shape index (κ1) is 21.2. The van der Waals surface area contributed by atoms with Gasteiger partial charge in [-0.05, 0) is 32.1 Å². The Hall–Kier alpha value is -2.12. The van der Waals surface area contributed by atoms with Crippen LogP contribution in [0.25, 0.3) is 0 Å². The maximum absolute atomic E-state index is 12.5. The van der Waals surface area contributed by atoms with Crippen LogP contribution in [0.3, 0.4) is 0 Å². The number of hydrogen-bond acceptors (Lipinski definition) is 5. The third-order valence-electron chi connectivity index (χ3n) is 5.18. The van der Waals surface area contributed by atoms with Crippen LogP contribution in [0.15, 0.2) is 0 Å². The predicted octanol–water partition coefficient (Wildman–Crippen LogP) is 1.73. The lowest BCUT2D eigenvalue weighted by Crippen LogP contribution is -2.44. The molecule has 8 nitrogen and oxygen atoms in total. The zero-order valence-corrected chi connectivity index (χ0v) is 16.5. The first-order chi connectivity index (χ1) is 12.7. The number of amides is 4. The smallest absolute Gasteiger partial charge is 0.326 e. The fraction of sp³-hybridized carbons (Fsp3) is 0.789. The Morgan fingerprint density at radius 2 is 1.85 bits per heavy atom. The van der Waals surface area contributed by atoms with Crippen LogP contribution in [0.5, 0.6) is 0 Å². The molecule has 8 heteroatoms. The number of ether oxygens (including phenoxy) is 1. The van der Waals surface area contributed by atoms with Crippen LogP contribution < -0.4 is 10.6 Å². The fourth-order valence-electron chi connectivity index (χ4n) is 3.68. The highest BCUT2D eigenvalue weighted by Crippen LogP contribution is 2.34.